The SMILES string of the molecule is C=CC(=O)OCC.C[C](C)(C)[Sn]. The summed E-state index contributed by atoms with van der Waals surface area (Å²) in [4.78, 5) is 10.1. The molecule has 0 bridgehead atoms. The summed E-state index contributed by atoms with van der Waals surface area (Å²) < 4.78 is 5.02. The Labute approximate surface area is 88.5 Å². The molecule has 0 aliphatic rings. The van der Waals surface area contributed by atoms with Gasteiger partial charge in [0, 0.05) is 6.08 Å². The fourth-order valence-corrected chi connectivity index (χ4v) is 0.201. The van der Waals surface area contributed by atoms with Gasteiger partial charge in [-0.3, -0.25) is 0 Å². The normalized spacial score (nSPS) is 9.42. The number of carbonyl (C=O) groups is 1. The average Bonchev–Trinajstić information content (AvgIpc) is 1.85. The molecule has 0 saturated carbocycles. The zero-order valence-corrected chi connectivity index (χ0v) is 11.2. The van der Waals surface area contributed by atoms with Crippen molar-refractivity contribution in [2.24, 2.45) is 0 Å². The van der Waals surface area contributed by atoms with Crippen LogP contribution in [0.5, 0.6) is 0 Å². The number of hydrogen-bond donors (Lipinski definition) is 0. The second-order valence-electron chi connectivity index (χ2n) is 3.21. The molecule has 0 amide bonds. The zero-order valence-electron chi connectivity index (χ0n) is 8.31. The molecule has 0 heterocycles. The van der Waals surface area contributed by atoms with Gasteiger partial charge in [-0.1, -0.05) is 6.58 Å². The van der Waals surface area contributed by atoms with E-state index in [0.717, 1.165) is 6.08 Å². The monoisotopic (exact) mass is 277 g/mol. The van der Waals surface area contributed by atoms with Crippen molar-refractivity contribution in [3.63, 3.8) is 0 Å². The van der Waals surface area contributed by atoms with Crippen molar-refractivity contribution in [1.29, 1.82) is 0 Å². The maximum atomic E-state index is 10.1. The fourth-order valence-electron chi connectivity index (χ4n) is 0.201. The molecular formula is C9H17O2Sn. The van der Waals surface area contributed by atoms with Crippen molar-refractivity contribution in [2.75, 3.05) is 6.61 Å². The molecule has 0 aromatic heterocycles. The standard InChI is InChI=1S/C5H8O2.C4H9.Sn/c1-3-5(6)7-4-2;1-4(2)3;/h3H,1,4H2,2H3;1-3H3;. The van der Waals surface area contributed by atoms with Gasteiger partial charge in [-0.25, -0.2) is 4.79 Å². The molecular weight excluding hydrogens is 259 g/mol. The minimum atomic E-state index is -0.359. The molecule has 0 aromatic rings. The van der Waals surface area contributed by atoms with Gasteiger partial charge in [-0.2, -0.15) is 0 Å². The Hall–Kier alpha value is 0.00870. The third-order valence-corrected chi connectivity index (χ3v) is 0.453. The van der Waals surface area contributed by atoms with E-state index in [1.54, 1.807) is 29.4 Å². The van der Waals surface area contributed by atoms with Crippen LogP contribution in [0.25, 0.3) is 0 Å². The predicted molar refractivity (Wildman–Crippen MR) is 52.3 cm³/mol. The molecule has 0 unspecified atom stereocenters. The summed E-state index contributed by atoms with van der Waals surface area (Å²) in [7, 11) is 0. The summed E-state index contributed by atoms with van der Waals surface area (Å²) >= 11 is 1.62. The Balaban J connectivity index is 0. The Bertz CT molecular complexity index is 130. The van der Waals surface area contributed by atoms with Gasteiger partial charge in [0.15, 0.2) is 0 Å². The number of rotatable bonds is 2. The second-order valence-corrected chi connectivity index (χ2v) is 7.49. The zero-order chi connectivity index (χ0) is 10.2. The van der Waals surface area contributed by atoms with E-state index >= 15 is 0 Å². The molecule has 0 rings (SSSR count). The summed E-state index contributed by atoms with van der Waals surface area (Å²) in [5.74, 6) is -0.359. The third kappa shape index (κ3) is 32.4. The molecule has 0 N–H and O–H groups in total. The van der Waals surface area contributed by atoms with Crippen LogP contribution >= 0.6 is 0 Å². The molecule has 3 radical (unpaired) electrons. The van der Waals surface area contributed by atoms with Crippen LogP contribution in [0, 0.1) is 0 Å². The Kier molecular flexibility index (Phi) is 9.26. The van der Waals surface area contributed by atoms with E-state index < -0.39 is 0 Å². The Morgan fingerprint density at radius 3 is 2.00 bits per heavy atom. The molecule has 0 atom stereocenters. The number of hydrogen-bond acceptors (Lipinski definition) is 2. The molecule has 12 heavy (non-hydrogen) atoms. The van der Waals surface area contributed by atoms with Gasteiger partial charge in [0.05, 0.1) is 6.61 Å². The molecule has 0 aliphatic carbocycles. The first-order valence-corrected chi connectivity index (χ1v) is 5.28. The van der Waals surface area contributed by atoms with E-state index in [2.05, 4.69) is 32.1 Å². The second kappa shape index (κ2) is 7.65. The molecule has 0 fully saturated rings. The van der Waals surface area contributed by atoms with E-state index in [1.807, 2.05) is 0 Å². The van der Waals surface area contributed by atoms with E-state index in [9.17, 15) is 4.79 Å². The molecule has 0 aliphatic heterocycles. The van der Waals surface area contributed by atoms with E-state index in [4.69, 9.17) is 0 Å². The average molecular weight is 276 g/mol. The summed E-state index contributed by atoms with van der Waals surface area (Å²) in [6.07, 6.45) is 1.14. The third-order valence-electron chi connectivity index (χ3n) is 0.453. The van der Waals surface area contributed by atoms with Crippen LogP contribution in [-0.4, -0.2) is 35.1 Å². The summed E-state index contributed by atoms with van der Waals surface area (Å²) in [6.45, 7) is 12.1. The number of esters is 1. The molecule has 0 saturated heterocycles. The van der Waals surface area contributed by atoms with Crippen molar-refractivity contribution < 1.29 is 9.53 Å². The first kappa shape index (κ1) is 14.5. The fraction of sp³-hybridized carbons (Fsp3) is 0.667. The van der Waals surface area contributed by atoms with Gasteiger partial charge in [0.25, 0.3) is 0 Å². The quantitative estimate of drug-likeness (QED) is 0.438. The van der Waals surface area contributed by atoms with Gasteiger partial charge >= 0.3 is 52.7 Å². The Morgan fingerprint density at radius 1 is 1.58 bits per heavy atom. The Morgan fingerprint density at radius 2 is 1.92 bits per heavy atom. The van der Waals surface area contributed by atoms with Crippen LogP contribution in [0.4, 0.5) is 0 Å². The van der Waals surface area contributed by atoms with Crippen molar-refractivity contribution in [3.8, 4) is 0 Å². The predicted octanol–water partition coefficient (Wildman–Crippen LogP) is 2.11. The van der Waals surface area contributed by atoms with Gasteiger partial charge in [0.1, 0.15) is 0 Å². The van der Waals surface area contributed by atoms with Gasteiger partial charge in [0.2, 0.25) is 0 Å². The maximum absolute atomic E-state index is 10.1. The number of carbonyl (C=O) groups excluding carboxylic acids is 1. The van der Waals surface area contributed by atoms with Crippen molar-refractivity contribution in [2.45, 2.75) is 31.1 Å². The van der Waals surface area contributed by atoms with E-state index in [1.165, 1.54) is 0 Å². The van der Waals surface area contributed by atoms with Gasteiger partial charge in [-0.15, -0.1) is 0 Å². The van der Waals surface area contributed by atoms with Crippen LogP contribution in [0.1, 0.15) is 27.7 Å². The summed E-state index contributed by atoms with van der Waals surface area (Å²) in [5, 5.41) is 0. The van der Waals surface area contributed by atoms with Crippen LogP contribution < -0.4 is 0 Å². The first-order valence-electron chi connectivity index (χ1n) is 3.85. The first-order chi connectivity index (χ1) is 5.31. The van der Waals surface area contributed by atoms with Gasteiger partial charge < -0.3 is 4.74 Å². The summed E-state index contributed by atoms with van der Waals surface area (Å²) in [6, 6.07) is 0. The summed E-state index contributed by atoms with van der Waals surface area (Å²) in [5.41, 5.74) is 0. The van der Waals surface area contributed by atoms with Gasteiger partial charge in [-0.05, 0) is 6.92 Å². The van der Waals surface area contributed by atoms with Crippen molar-refractivity contribution in [3.05, 3.63) is 12.7 Å². The van der Waals surface area contributed by atoms with Crippen LogP contribution in [-0.2, 0) is 9.53 Å². The molecule has 0 spiro atoms. The van der Waals surface area contributed by atoms with E-state index in [0.29, 0.717) is 10.0 Å². The molecule has 0 aromatic carbocycles. The molecule has 69 valence electrons. The molecule has 3 heteroatoms. The van der Waals surface area contributed by atoms with Crippen molar-refractivity contribution >= 4 is 28.5 Å². The van der Waals surface area contributed by atoms with Crippen LogP contribution in [0.3, 0.4) is 0 Å². The minimum absolute atomic E-state index is 0.359. The van der Waals surface area contributed by atoms with Crippen LogP contribution in [0.15, 0.2) is 12.7 Å². The van der Waals surface area contributed by atoms with Crippen molar-refractivity contribution in [1.82, 2.24) is 0 Å². The van der Waals surface area contributed by atoms with E-state index in [-0.39, 0.29) is 5.97 Å². The number of ether oxygens (including phenoxy) is 1. The topological polar surface area (TPSA) is 26.3 Å². The molecule has 2 nitrogen and oxygen atoms in total. The van der Waals surface area contributed by atoms with Crippen LogP contribution in [0.2, 0.25) is 3.43 Å².